The van der Waals surface area contributed by atoms with E-state index in [1.54, 1.807) is 6.20 Å². The standard InChI is InChI=1S/C20H22BrN5O2S/c1-26(2)9-8-22-18(27)11-15-13-29-20(24-15)25-19-17(10-14(21)12-23-19)28-16-6-4-3-5-7-16/h3-7,10,12-13H,8-9,11H2,1-2H3,(H,22,27)(H,23,24,25). The molecule has 0 saturated heterocycles. The Balaban J connectivity index is 1.64. The van der Waals surface area contributed by atoms with E-state index in [9.17, 15) is 4.79 Å². The number of nitrogens with zero attached hydrogens (tertiary/aromatic N) is 3. The third-order valence-electron chi connectivity index (χ3n) is 3.79. The summed E-state index contributed by atoms with van der Waals surface area (Å²) in [7, 11) is 3.94. The normalized spacial score (nSPS) is 10.8. The van der Waals surface area contributed by atoms with Gasteiger partial charge in [0.2, 0.25) is 5.91 Å². The largest absolute Gasteiger partial charge is 0.453 e. The van der Waals surface area contributed by atoms with Crippen LogP contribution in [0.1, 0.15) is 5.69 Å². The van der Waals surface area contributed by atoms with Crippen LogP contribution in [0.3, 0.4) is 0 Å². The summed E-state index contributed by atoms with van der Waals surface area (Å²) in [4.78, 5) is 22.9. The first kappa shape index (κ1) is 21.2. The number of benzene rings is 1. The smallest absolute Gasteiger partial charge is 0.226 e. The van der Waals surface area contributed by atoms with Gasteiger partial charge in [0.25, 0.3) is 0 Å². The van der Waals surface area contributed by atoms with Crippen molar-refractivity contribution in [3.63, 3.8) is 0 Å². The number of nitrogens with one attached hydrogen (secondary N) is 2. The lowest BCUT2D eigenvalue weighted by atomic mass is 10.3. The maximum atomic E-state index is 12.0. The molecule has 9 heteroatoms. The molecule has 0 aliphatic heterocycles. The summed E-state index contributed by atoms with van der Waals surface area (Å²) >= 11 is 4.84. The highest BCUT2D eigenvalue weighted by molar-refractivity contribution is 9.10. The van der Waals surface area contributed by atoms with Crippen molar-refractivity contribution in [1.82, 2.24) is 20.2 Å². The van der Waals surface area contributed by atoms with E-state index < -0.39 is 0 Å². The van der Waals surface area contributed by atoms with Gasteiger partial charge in [-0.1, -0.05) is 18.2 Å². The molecule has 2 aromatic heterocycles. The van der Waals surface area contributed by atoms with Gasteiger partial charge in [0, 0.05) is 35.2 Å². The Bertz CT molecular complexity index is 949. The van der Waals surface area contributed by atoms with Crippen molar-refractivity contribution in [3.05, 3.63) is 58.1 Å². The monoisotopic (exact) mass is 475 g/mol. The number of carbonyl (C=O) groups is 1. The predicted octanol–water partition coefficient (Wildman–Crippen LogP) is 4.06. The van der Waals surface area contributed by atoms with Gasteiger partial charge in [-0.15, -0.1) is 11.3 Å². The van der Waals surface area contributed by atoms with Crippen LogP contribution in [0.2, 0.25) is 0 Å². The SMILES string of the molecule is CN(C)CCNC(=O)Cc1csc(Nc2ncc(Br)cc2Oc2ccccc2)n1. The second kappa shape index (κ2) is 10.3. The molecule has 3 aromatic rings. The lowest BCUT2D eigenvalue weighted by Gasteiger charge is -2.11. The third kappa shape index (κ3) is 6.81. The third-order valence-corrected chi connectivity index (χ3v) is 5.03. The Kier molecular flexibility index (Phi) is 7.56. The van der Waals surface area contributed by atoms with Gasteiger partial charge in [0.15, 0.2) is 16.7 Å². The molecule has 0 unspecified atom stereocenters. The molecule has 2 heterocycles. The van der Waals surface area contributed by atoms with Crippen LogP contribution in [0.5, 0.6) is 11.5 Å². The molecule has 1 aromatic carbocycles. The summed E-state index contributed by atoms with van der Waals surface area (Å²) in [5.41, 5.74) is 0.711. The van der Waals surface area contributed by atoms with Crippen molar-refractivity contribution >= 4 is 44.1 Å². The minimum Gasteiger partial charge on any atom is -0.453 e. The molecule has 152 valence electrons. The quantitative estimate of drug-likeness (QED) is 0.485. The number of amides is 1. The summed E-state index contributed by atoms with van der Waals surface area (Å²) in [6, 6.07) is 11.3. The van der Waals surface area contributed by atoms with Crippen LogP contribution in [-0.4, -0.2) is 48.0 Å². The fourth-order valence-corrected chi connectivity index (χ4v) is 3.42. The molecule has 0 fully saturated rings. The summed E-state index contributed by atoms with van der Waals surface area (Å²) < 4.78 is 6.76. The number of thiazole rings is 1. The van der Waals surface area contributed by atoms with Gasteiger partial charge in [-0.2, -0.15) is 0 Å². The number of pyridine rings is 1. The first-order chi connectivity index (χ1) is 14.0. The van der Waals surface area contributed by atoms with Gasteiger partial charge in [-0.25, -0.2) is 9.97 Å². The first-order valence-corrected chi connectivity index (χ1v) is 10.7. The molecule has 0 aliphatic rings. The number of rotatable bonds is 9. The number of halogens is 1. The summed E-state index contributed by atoms with van der Waals surface area (Å²) in [6.45, 7) is 1.42. The average molecular weight is 476 g/mol. The van der Waals surface area contributed by atoms with E-state index in [4.69, 9.17) is 4.74 Å². The first-order valence-electron chi connectivity index (χ1n) is 9.01. The number of aromatic nitrogens is 2. The zero-order valence-corrected chi connectivity index (χ0v) is 18.6. The topological polar surface area (TPSA) is 79.4 Å². The Morgan fingerprint density at radius 2 is 2.07 bits per heavy atom. The van der Waals surface area contributed by atoms with Crippen molar-refractivity contribution < 1.29 is 9.53 Å². The van der Waals surface area contributed by atoms with E-state index in [0.29, 0.717) is 34.7 Å². The lowest BCUT2D eigenvalue weighted by Crippen LogP contribution is -2.32. The fraction of sp³-hybridized carbons (Fsp3) is 0.250. The van der Waals surface area contributed by atoms with Crippen molar-refractivity contribution in [2.24, 2.45) is 0 Å². The van der Waals surface area contributed by atoms with Crippen LogP contribution < -0.4 is 15.4 Å². The van der Waals surface area contributed by atoms with E-state index in [2.05, 4.69) is 36.5 Å². The van der Waals surface area contributed by atoms with Gasteiger partial charge >= 0.3 is 0 Å². The summed E-state index contributed by atoms with van der Waals surface area (Å²) in [5.74, 6) is 1.79. The molecule has 0 atom stereocenters. The number of hydrogen-bond acceptors (Lipinski definition) is 7. The van der Waals surface area contributed by atoms with E-state index in [1.165, 1.54) is 11.3 Å². The lowest BCUT2D eigenvalue weighted by molar-refractivity contribution is -0.120. The Labute approximate surface area is 182 Å². The zero-order valence-electron chi connectivity index (χ0n) is 16.2. The average Bonchev–Trinajstić information content (AvgIpc) is 3.11. The highest BCUT2D eigenvalue weighted by atomic mass is 79.9. The van der Waals surface area contributed by atoms with Crippen molar-refractivity contribution in [2.75, 3.05) is 32.5 Å². The Morgan fingerprint density at radius 1 is 1.28 bits per heavy atom. The predicted molar refractivity (Wildman–Crippen MR) is 119 cm³/mol. The minimum atomic E-state index is -0.0430. The molecule has 2 N–H and O–H groups in total. The molecular formula is C20H22BrN5O2S. The van der Waals surface area contributed by atoms with Crippen molar-refractivity contribution in [3.8, 4) is 11.5 Å². The number of hydrogen-bond donors (Lipinski definition) is 2. The van der Waals surface area contributed by atoms with Gasteiger partial charge < -0.3 is 20.3 Å². The molecule has 7 nitrogen and oxygen atoms in total. The van der Waals surface area contributed by atoms with Gasteiger partial charge in [0.1, 0.15) is 5.75 Å². The van der Waals surface area contributed by atoms with E-state index in [0.717, 1.165) is 11.0 Å². The fourth-order valence-electron chi connectivity index (χ4n) is 2.40. The number of anilines is 2. The number of para-hydroxylation sites is 1. The molecule has 29 heavy (non-hydrogen) atoms. The molecule has 0 saturated carbocycles. The van der Waals surface area contributed by atoms with Crippen LogP contribution in [-0.2, 0) is 11.2 Å². The van der Waals surface area contributed by atoms with E-state index in [1.807, 2.05) is 60.8 Å². The molecule has 0 aliphatic carbocycles. The summed E-state index contributed by atoms with van der Waals surface area (Å²) in [5, 5.41) is 8.59. The van der Waals surface area contributed by atoms with E-state index in [-0.39, 0.29) is 12.3 Å². The highest BCUT2D eigenvalue weighted by Crippen LogP contribution is 2.33. The Morgan fingerprint density at radius 3 is 2.83 bits per heavy atom. The van der Waals surface area contributed by atoms with Crippen LogP contribution in [0.4, 0.5) is 10.9 Å². The van der Waals surface area contributed by atoms with Crippen LogP contribution in [0, 0.1) is 0 Å². The van der Waals surface area contributed by atoms with Crippen LogP contribution in [0.15, 0.2) is 52.4 Å². The molecule has 1 amide bonds. The maximum Gasteiger partial charge on any atom is 0.226 e. The van der Waals surface area contributed by atoms with Crippen LogP contribution in [0.25, 0.3) is 0 Å². The minimum absolute atomic E-state index is 0.0430. The second-order valence-corrected chi connectivity index (χ2v) is 8.29. The van der Waals surface area contributed by atoms with E-state index >= 15 is 0 Å². The molecule has 0 radical (unpaired) electrons. The molecule has 0 bridgehead atoms. The van der Waals surface area contributed by atoms with Gasteiger partial charge in [0.05, 0.1) is 12.1 Å². The van der Waals surface area contributed by atoms with Crippen LogP contribution >= 0.6 is 27.3 Å². The molecular weight excluding hydrogens is 454 g/mol. The zero-order chi connectivity index (χ0) is 20.6. The number of likely N-dealkylation sites (N-methyl/N-ethyl adjacent to an activating group) is 1. The highest BCUT2D eigenvalue weighted by Gasteiger charge is 2.12. The Hall–Kier alpha value is -2.49. The summed E-state index contributed by atoms with van der Waals surface area (Å²) in [6.07, 6.45) is 1.93. The van der Waals surface area contributed by atoms with Gasteiger partial charge in [-0.3, -0.25) is 4.79 Å². The molecule has 3 rings (SSSR count). The van der Waals surface area contributed by atoms with Crippen molar-refractivity contribution in [1.29, 1.82) is 0 Å². The maximum absolute atomic E-state index is 12.0. The second-order valence-electron chi connectivity index (χ2n) is 6.51. The molecule has 0 spiro atoms. The van der Waals surface area contributed by atoms with Gasteiger partial charge in [-0.05, 0) is 42.2 Å². The number of ether oxygens (including phenoxy) is 1. The van der Waals surface area contributed by atoms with Crippen molar-refractivity contribution in [2.45, 2.75) is 6.42 Å². The number of carbonyl (C=O) groups excluding carboxylic acids is 1.